The summed E-state index contributed by atoms with van der Waals surface area (Å²) >= 11 is 0. The average Bonchev–Trinajstić information content (AvgIpc) is 2.28. The Hall–Kier alpha value is -1.81. The Labute approximate surface area is 88.9 Å². The van der Waals surface area contributed by atoms with Gasteiger partial charge in [-0.25, -0.2) is 10.2 Å². The normalized spacial score (nSPS) is 9.33. The SMILES string of the molecule is C=CCNNC(=O)OCc1ccccc1. The Balaban J connectivity index is 2.20. The molecule has 0 atom stereocenters. The zero-order valence-corrected chi connectivity index (χ0v) is 8.40. The first-order chi connectivity index (χ1) is 7.33. The fourth-order valence-electron chi connectivity index (χ4n) is 0.955. The van der Waals surface area contributed by atoms with Gasteiger partial charge in [0.15, 0.2) is 0 Å². The van der Waals surface area contributed by atoms with E-state index < -0.39 is 6.09 Å². The van der Waals surface area contributed by atoms with Gasteiger partial charge in [-0.1, -0.05) is 36.4 Å². The summed E-state index contributed by atoms with van der Waals surface area (Å²) in [5, 5.41) is 0. The summed E-state index contributed by atoms with van der Waals surface area (Å²) in [5.41, 5.74) is 5.95. The van der Waals surface area contributed by atoms with Crippen LogP contribution in [0.3, 0.4) is 0 Å². The molecular formula is C11H14N2O2. The van der Waals surface area contributed by atoms with Crippen molar-refractivity contribution in [2.45, 2.75) is 6.61 Å². The van der Waals surface area contributed by atoms with Crippen LogP contribution in [-0.2, 0) is 11.3 Å². The highest BCUT2D eigenvalue weighted by Crippen LogP contribution is 1.99. The number of hydrogen-bond donors (Lipinski definition) is 2. The molecule has 0 fully saturated rings. The number of rotatable bonds is 5. The van der Waals surface area contributed by atoms with E-state index in [1.807, 2.05) is 30.3 Å². The van der Waals surface area contributed by atoms with E-state index >= 15 is 0 Å². The molecule has 4 nitrogen and oxygen atoms in total. The highest BCUT2D eigenvalue weighted by atomic mass is 16.6. The smallest absolute Gasteiger partial charge is 0.421 e. The third-order valence-corrected chi connectivity index (χ3v) is 1.65. The monoisotopic (exact) mass is 206 g/mol. The fraction of sp³-hybridized carbons (Fsp3) is 0.182. The van der Waals surface area contributed by atoms with Gasteiger partial charge in [0.05, 0.1) is 0 Å². The zero-order chi connectivity index (χ0) is 10.9. The number of benzene rings is 1. The Morgan fingerprint density at radius 3 is 2.80 bits per heavy atom. The summed E-state index contributed by atoms with van der Waals surface area (Å²) in [7, 11) is 0. The molecule has 0 heterocycles. The van der Waals surface area contributed by atoms with Crippen molar-refractivity contribution in [2.75, 3.05) is 6.54 Å². The van der Waals surface area contributed by atoms with Gasteiger partial charge in [-0.3, -0.25) is 5.43 Å². The van der Waals surface area contributed by atoms with Crippen molar-refractivity contribution in [3.8, 4) is 0 Å². The molecule has 1 rings (SSSR count). The van der Waals surface area contributed by atoms with Crippen molar-refractivity contribution in [2.24, 2.45) is 0 Å². The van der Waals surface area contributed by atoms with E-state index in [-0.39, 0.29) is 6.61 Å². The van der Waals surface area contributed by atoms with Crippen LogP contribution in [0.25, 0.3) is 0 Å². The number of amides is 1. The topological polar surface area (TPSA) is 50.4 Å². The first kappa shape index (κ1) is 11.3. The largest absolute Gasteiger partial charge is 0.444 e. The van der Waals surface area contributed by atoms with Crippen molar-refractivity contribution in [3.63, 3.8) is 0 Å². The lowest BCUT2D eigenvalue weighted by atomic mass is 10.2. The number of nitrogens with one attached hydrogen (secondary N) is 2. The summed E-state index contributed by atoms with van der Waals surface area (Å²) in [6.07, 6.45) is 1.14. The predicted octanol–water partition coefficient (Wildman–Crippen LogP) is 1.60. The molecule has 80 valence electrons. The number of carbonyl (C=O) groups is 1. The summed E-state index contributed by atoms with van der Waals surface area (Å²) in [6, 6.07) is 9.49. The standard InChI is InChI=1S/C11H14N2O2/c1-2-8-12-13-11(14)15-9-10-6-4-3-5-7-10/h2-7,12H,1,8-9H2,(H,13,14). The summed E-state index contributed by atoms with van der Waals surface area (Å²) in [5.74, 6) is 0. The Morgan fingerprint density at radius 1 is 1.40 bits per heavy atom. The third kappa shape index (κ3) is 4.83. The Morgan fingerprint density at radius 2 is 2.13 bits per heavy atom. The van der Waals surface area contributed by atoms with Gasteiger partial charge < -0.3 is 4.74 Å². The lowest BCUT2D eigenvalue weighted by molar-refractivity contribution is 0.135. The molecule has 0 aliphatic rings. The van der Waals surface area contributed by atoms with E-state index in [0.717, 1.165) is 5.56 Å². The molecule has 0 bridgehead atoms. The number of hydrogen-bond acceptors (Lipinski definition) is 3. The molecule has 15 heavy (non-hydrogen) atoms. The number of ether oxygens (including phenoxy) is 1. The molecule has 0 spiro atoms. The zero-order valence-electron chi connectivity index (χ0n) is 8.40. The minimum absolute atomic E-state index is 0.266. The van der Waals surface area contributed by atoms with E-state index in [9.17, 15) is 4.79 Å². The first-order valence-electron chi connectivity index (χ1n) is 4.63. The van der Waals surface area contributed by atoms with Crippen molar-refractivity contribution in [1.29, 1.82) is 0 Å². The molecule has 1 aromatic carbocycles. The highest BCUT2D eigenvalue weighted by Gasteiger charge is 1.99. The van der Waals surface area contributed by atoms with Gasteiger partial charge in [-0.2, -0.15) is 0 Å². The van der Waals surface area contributed by atoms with Gasteiger partial charge in [-0.05, 0) is 5.56 Å². The second-order valence-electron chi connectivity index (χ2n) is 2.86. The van der Waals surface area contributed by atoms with E-state index in [0.29, 0.717) is 6.54 Å². The molecular weight excluding hydrogens is 192 g/mol. The van der Waals surface area contributed by atoms with Crippen molar-refractivity contribution in [3.05, 3.63) is 48.6 Å². The number of carbonyl (C=O) groups excluding carboxylic acids is 1. The lowest BCUT2D eigenvalue weighted by Gasteiger charge is -2.06. The van der Waals surface area contributed by atoms with E-state index in [1.54, 1.807) is 6.08 Å². The van der Waals surface area contributed by atoms with Crippen LogP contribution in [0.5, 0.6) is 0 Å². The van der Waals surface area contributed by atoms with Crippen LogP contribution >= 0.6 is 0 Å². The Bertz CT molecular complexity index is 312. The summed E-state index contributed by atoms with van der Waals surface area (Å²) in [6.45, 7) is 4.26. The molecule has 4 heteroatoms. The van der Waals surface area contributed by atoms with Gasteiger partial charge in [0.25, 0.3) is 0 Å². The van der Waals surface area contributed by atoms with Crippen LogP contribution in [0.2, 0.25) is 0 Å². The molecule has 0 unspecified atom stereocenters. The van der Waals surface area contributed by atoms with Crippen LogP contribution in [0.15, 0.2) is 43.0 Å². The second-order valence-corrected chi connectivity index (χ2v) is 2.86. The van der Waals surface area contributed by atoms with Crippen molar-refractivity contribution in [1.82, 2.24) is 10.9 Å². The molecule has 1 aromatic rings. The molecule has 0 aliphatic carbocycles. The minimum atomic E-state index is -0.499. The van der Waals surface area contributed by atoms with Gasteiger partial charge in [0.2, 0.25) is 0 Å². The molecule has 0 aromatic heterocycles. The van der Waals surface area contributed by atoms with Crippen LogP contribution in [0, 0.1) is 0 Å². The van der Waals surface area contributed by atoms with Crippen molar-refractivity contribution >= 4 is 6.09 Å². The Kier molecular flexibility index (Phi) is 4.97. The van der Waals surface area contributed by atoms with Gasteiger partial charge in [0, 0.05) is 6.54 Å². The van der Waals surface area contributed by atoms with E-state index in [1.165, 1.54) is 0 Å². The quantitative estimate of drug-likeness (QED) is 0.437. The third-order valence-electron chi connectivity index (χ3n) is 1.65. The lowest BCUT2D eigenvalue weighted by Crippen LogP contribution is -2.37. The molecule has 0 aliphatic heterocycles. The maximum absolute atomic E-state index is 11.1. The molecule has 0 radical (unpaired) electrons. The van der Waals surface area contributed by atoms with Crippen LogP contribution in [-0.4, -0.2) is 12.6 Å². The maximum Gasteiger partial charge on any atom is 0.421 e. The minimum Gasteiger partial charge on any atom is -0.444 e. The van der Waals surface area contributed by atoms with Crippen LogP contribution in [0.1, 0.15) is 5.56 Å². The average molecular weight is 206 g/mol. The number of hydrazine groups is 1. The van der Waals surface area contributed by atoms with Crippen LogP contribution in [0.4, 0.5) is 4.79 Å². The molecule has 0 saturated heterocycles. The maximum atomic E-state index is 11.1. The molecule has 2 N–H and O–H groups in total. The molecule has 1 amide bonds. The van der Waals surface area contributed by atoms with Gasteiger partial charge in [0.1, 0.15) is 6.61 Å². The van der Waals surface area contributed by atoms with Crippen molar-refractivity contribution < 1.29 is 9.53 Å². The van der Waals surface area contributed by atoms with Gasteiger partial charge in [-0.15, -0.1) is 6.58 Å². The summed E-state index contributed by atoms with van der Waals surface area (Å²) < 4.78 is 4.93. The second kappa shape index (κ2) is 6.62. The summed E-state index contributed by atoms with van der Waals surface area (Å²) in [4.78, 5) is 11.1. The van der Waals surface area contributed by atoms with E-state index in [2.05, 4.69) is 17.4 Å². The fourth-order valence-corrected chi connectivity index (χ4v) is 0.955. The van der Waals surface area contributed by atoms with Crippen LogP contribution < -0.4 is 10.9 Å². The van der Waals surface area contributed by atoms with Gasteiger partial charge >= 0.3 is 6.09 Å². The highest BCUT2D eigenvalue weighted by molar-refractivity contribution is 5.66. The van der Waals surface area contributed by atoms with E-state index in [4.69, 9.17) is 4.74 Å². The first-order valence-corrected chi connectivity index (χ1v) is 4.63. The predicted molar refractivity (Wildman–Crippen MR) is 58.0 cm³/mol. The molecule has 0 saturated carbocycles.